The van der Waals surface area contributed by atoms with Crippen LogP contribution < -0.4 is 10.6 Å². The Kier molecular flexibility index (Phi) is 5.42. The molecule has 29 heavy (non-hydrogen) atoms. The third-order valence-corrected chi connectivity index (χ3v) is 7.98. The number of ether oxygens (including phenoxy) is 1. The van der Waals surface area contributed by atoms with Gasteiger partial charge in [-0.2, -0.15) is 0 Å². The highest BCUT2D eigenvalue weighted by Crippen LogP contribution is 2.61. The number of aliphatic hydroxyl groups excluding tert-OH is 1. The maximum Gasteiger partial charge on any atom is 0.364 e. The molecule has 164 valence electrons. The van der Waals surface area contributed by atoms with E-state index in [2.05, 4.69) is 17.6 Å². The van der Waals surface area contributed by atoms with Gasteiger partial charge in [0.2, 0.25) is 5.91 Å². The normalized spacial score (nSPS) is 47.0. The molecule has 0 aromatic rings. The van der Waals surface area contributed by atoms with Crippen molar-refractivity contribution in [1.29, 1.82) is 0 Å². The monoisotopic (exact) mass is 410 g/mol. The first-order chi connectivity index (χ1) is 13.6. The van der Waals surface area contributed by atoms with Crippen molar-refractivity contribution in [3.05, 3.63) is 0 Å². The summed E-state index contributed by atoms with van der Waals surface area (Å²) < 4.78 is 5.51. The number of hydrogen-bond donors (Lipinski definition) is 5. The van der Waals surface area contributed by atoms with Crippen LogP contribution in [-0.4, -0.2) is 63.8 Å². The van der Waals surface area contributed by atoms with Crippen LogP contribution in [0.3, 0.4) is 0 Å². The van der Waals surface area contributed by atoms with Crippen LogP contribution in [0.5, 0.6) is 0 Å². The van der Waals surface area contributed by atoms with Gasteiger partial charge in [-0.1, -0.05) is 0 Å². The summed E-state index contributed by atoms with van der Waals surface area (Å²) in [5.74, 6) is -1.85. The van der Waals surface area contributed by atoms with Gasteiger partial charge in [-0.15, -0.1) is 0 Å². The van der Waals surface area contributed by atoms with Gasteiger partial charge in [0.25, 0.3) is 5.79 Å². The van der Waals surface area contributed by atoms with Crippen LogP contribution in [0, 0.1) is 23.2 Å². The lowest BCUT2D eigenvalue weighted by Gasteiger charge is -2.59. The highest BCUT2D eigenvalue weighted by atomic mass is 16.7. The molecule has 5 rings (SSSR count). The summed E-state index contributed by atoms with van der Waals surface area (Å²) in [6, 6.07) is -0.558. The molecule has 1 amide bonds. The van der Waals surface area contributed by atoms with Crippen molar-refractivity contribution in [2.24, 2.45) is 23.2 Å². The molecule has 0 aromatic carbocycles. The molecule has 4 aliphatic carbocycles. The van der Waals surface area contributed by atoms with E-state index in [0.29, 0.717) is 0 Å². The van der Waals surface area contributed by atoms with Gasteiger partial charge >= 0.3 is 5.97 Å². The Hall–Kier alpha value is -1.22. The first-order valence-corrected chi connectivity index (χ1v) is 10.9. The first kappa shape index (κ1) is 21.0. The fourth-order valence-corrected chi connectivity index (χ4v) is 6.98. The molecule has 5 aliphatic rings. The third-order valence-electron chi connectivity index (χ3n) is 7.98. The van der Waals surface area contributed by atoms with Crippen LogP contribution in [0.15, 0.2) is 0 Å². The number of aliphatic hydroxyl groups is 2. The number of carbonyl (C=O) groups is 2. The second kappa shape index (κ2) is 7.48. The van der Waals surface area contributed by atoms with Crippen molar-refractivity contribution in [2.45, 2.75) is 88.9 Å². The number of carboxylic acids is 1. The predicted octanol–water partition coefficient (Wildman–Crippen LogP) is 0.609. The van der Waals surface area contributed by atoms with E-state index in [-0.39, 0.29) is 23.9 Å². The predicted molar refractivity (Wildman–Crippen MR) is 104 cm³/mol. The summed E-state index contributed by atoms with van der Waals surface area (Å²) >= 11 is 0. The lowest BCUT2D eigenvalue weighted by atomic mass is 9.48. The molecule has 4 saturated carbocycles. The van der Waals surface area contributed by atoms with E-state index in [9.17, 15) is 24.9 Å². The van der Waals surface area contributed by atoms with Crippen molar-refractivity contribution in [3.8, 4) is 0 Å². The van der Waals surface area contributed by atoms with Gasteiger partial charge in [-0.3, -0.25) is 4.79 Å². The molecular weight excluding hydrogens is 376 g/mol. The minimum atomic E-state index is -2.45. The zero-order valence-corrected chi connectivity index (χ0v) is 17.3. The smallest absolute Gasteiger partial charge is 0.364 e. The Morgan fingerprint density at radius 3 is 2.14 bits per heavy atom. The summed E-state index contributed by atoms with van der Waals surface area (Å²) in [6.07, 6.45) is 5.23. The van der Waals surface area contributed by atoms with Crippen molar-refractivity contribution in [3.63, 3.8) is 0 Å². The van der Waals surface area contributed by atoms with Crippen LogP contribution in [0.1, 0.15) is 58.8 Å². The van der Waals surface area contributed by atoms with E-state index in [0.717, 1.165) is 17.8 Å². The van der Waals surface area contributed by atoms with E-state index >= 15 is 0 Å². The average Bonchev–Trinajstić information content (AvgIpc) is 2.60. The van der Waals surface area contributed by atoms with Crippen LogP contribution >= 0.6 is 0 Å². The van der Waals surface area contributed by atoms with Crippen molar-refractivity contribution in [2.75, 3.05) is 6.54 Å². The molecule has 4 bridgehead atoms. The Labute approximate surface area is 171 Å². The van der Waals surface area contributed by atoms with Gasteiger partial charge in [-0.05, 0) is 68.6 Å². The van der Waals surface area contributed by atoms with Gasteiger partial charge in [0, 0.05) is 25.9 Å². The number of amides is 1. The Balaban J connectivity index is 1.45. The third kappa shape index (κ3) is 3.92. The Morgan fingerprint density at radius 1 is 1.10 bits per heavy atom. The minimum absolute atomic E-state index is 0.217. The number of carbonyl (C=O) groups excluding carboxylic acids is 1. The van der Waals surface area contributed by atoms with Gasteiger partial charge in [0.15, 0.2) is 0 Å². The largest absolute Gasteiger partial charge is 0.477 e. The Bertz CT molecular complexity index is 634. The summed E-state index contributed by atoms with van der Waals surface area (Å²) in [5.41, 5.74) is 0.259. The van der Waals surface area contributed by atoms with E-state index in [1.807, 2.05) is 0 Å². The zero-order valence-electron chi connectivity index (χ0n) is 17.3. The molecule has 0 spiro atoms. The van der Waals surface area contributed by atoms with Gasteiger partial charge in [0.05, 0.1) is 18.2 Å². The molecule has 5 fully saturated rings. The molecule has 1 heterocycles. The standard InChI is InChI=1S/C21H34N2O6/c1-11(20-6-13-3-14(7-20)5-15(4-13)8-20)22-10-17-18(23-12(2)24)16(25)9-21(28,29-17)19(26)27/h11,13-18,22,25,28H,3-10H2,1-2H3,(H,23,24)(H,26,27). The molecule has 5 N–H and O–H groups in total. The molecule has 8 nitrogen and oxygen atoms in total. The number of aliphatic carboxylic acids is 1. The van der Waals surface area contributed by atoms with Gasteiger partial charge in [0.1, 0.15) is 0 Å². The fraction of sp³-hybridized carbons (Fsp3) is 0.905. The second-order valence-corrected chi connectivity index (χ2v) is 10.2. The average molecular weight is 411 g/mol. The van der Waals surface area contributed by atoms with Crippen molar-refractivity contribution in [1.82, 2.24) is 10.6 Å². The SMILES string of the molecule is CC(=O)NC1C(O)CC(O)(C(=O)O)OC1CNC(C)C12CC3CC(CC(C3)C1)C2. The minimum Gasteiger partial charge on any atom is -0.477 e. The number of hydrogen-bond acceptors (Lipinski definition) is 6. The van der Waals surface area contributed by atoms with Crippen LogP contribution in [0.2, 0.25) is 0 Å². The Morgan fingerprint density at radius 2 is 1.66 bits per heavy atom. The highest BCUT2D eigenvalue weighted by Gasteiger charge is 2.54. The molecule has 5 atom stereocenters. The van der Waals surface area contributed by atoms with Gasteiger partial charge in [-0.25, -0.2) is 4.79 Å². The van der Waals surface area contributed by atoms with Gasteiger partial charge < -0.3 is 30.7 Å². The molecule has 1 saturated heterocycles. The summed E-state index contributed by atoms with van der Waals surface area (Å²) in [7, 11) is 0. The molecule has 5 unspecified atom stereocenters. The molecule has 8 heteroatoms. The topological polar surface area (TPSA) is 128 Å². The first-order valence-electron chi connectivity index (χ1n) is 10.9. The fourth-order valence-electron chi connectivity index (χ4n) is 6.98. The summed E-state index contributed by atoms with van der Waals surface area (Å²) in [6.45, 7) is 3.77. The maximum absolute atomic E-state index is 11.6. The molecule has 0 radical (unpaired) electrons. The molecular formula is C21H34N2O6. The zero-order chi connectivity index (χ0) is 21.0. The van der Waals surface area contributed by atoms with Crippen molar-refractivity contribution >= 4 is 11.9 Å². The van der Waals surface area contributed by atoms with Crippen LogP contribution in [-0.2, 0) is 14.3 Å². The summed E-state index contributed by atoms with van der Waals surface area (Å²) in [4.78, 5) is 23.1. The lowest BCUT2D eigenvalue weighted by Crippen LogP contribution is -2.66. The molecule has 0 aromatic heterocycles. The van der Waals surface area contributed by atoms with Crippen molar-refractivity contribution < 1.29 is 29.6 Å². The summed E-state index contributed by atoms with van der Waals surface area (Å²) in [5, 5.41) is 36.3. The van der Waals surface area contributed by atoms with E-state index < -0.39 is 36.4 Å². The second-order valence-electron chi connectivity index (χ2n) is 10.2. The highest BCUT2D eigenvalue weighted by molar-refractivity contribution is 5.76. The van der Waals surface area contributed by atoms with Crippen LogP contribution in [0.4, 0.5) is 0 Å². The lowest BCUT2D eigenvalue weighted by molar-refractivity contribution is -0.275. The van der Waals surface area contributed by atoms with E-state index in [1.165, 1.54) is 45.4 Å². The molecule has 1 aliphatic heterocycles. The number of carboxylic acid groups (broad SMARTS) is 1. The van der Waals surface area contributed by atoms with E-state index in [4.69, 9.17) is 4.74 Å². The maximum atomic E-state index is 11.6. The number of nitrogens with one attached hydrogen (secondary N) is 2. The van der Waals surface area contributed by atoms with E-state index in [1.54, 1.807) is 0 Å². The number of rotatable bonds is 6. The quantitative estimate of drug-likeness (QED) is 0.434. The van der Waals surface area contributed by atoms with Crippen LogP contribution in [0.25, 0.3) is 0 Å².